The number of fused-ring (bicyclic) bond motifs is 2. The van der Waals surface area contributed by atoms with Crippen molar-refractivity contribution in [2.24, 2.45) is 0 Å². The first-order chi connectivity index (χ1) is 23.0. The van der Waals surface area contributed by atoms with Crippen molar-refractivity contribution in [3.05, 3.63) is 83.9 Å². The molecule has 262 valence electrons. The number of alkyl carbamates (subject to hydrolysis) is 2. The lowest BCUT2D eigenvalue weighted by Gasteiger charge is -2.27. The van der Waals surface area contributed by atoms with Gasteiger partial charge in [0, 0.05) is 13.1 Å². The second-order valence-electron chi connectivity index (χ2n) is 13.4. The number of hydrogen-bond acceptors (Lipinski definition) is 8. The van der Waals surface area contributed by atoms with Crippen LogP contribution in [0.15, 0.2) is 66.7 Å². The van der Waals surface area contributed by atoms with E-state index in [1.165, 1.54) is 35.2 Å². The molecule has 0 aromatic heterocycles. The van der Waals surface area contributed by atoms with E-state index in [-0.39, 0.29) is 25.5 Å². The summed E-state index contributed by atoms with van der Waals surface area (Å²) in [6, 6.07) is 16.0. The van der Waals surface area contributed by atoms with Crippen molar-refractivity contribution in [3.8, 4) is 0 Å². The van der Waals surface area contributed by atoms with E-state index in [0.29, 0.717) is 22.7 Å². The lowest BCUT2D eigenvalue weighted by molar-refractivity contribution is -0.120. The number of hydrogen-bond donors (Lipinski definition) is 5. The number of benzene rings is 3. The minimum absolute atomic E-state index is 0.169. The fourth-order valence-electron chi connectivity index (χ4n) is 4.84. The standard InChI is InChI=1S/C21H24FN3O3.C14H18FN3O3/c1-21(2,3)28-20(27)24-17-12-23-16-10-9-15(22)11-18(16)25(19(17)26)13-14-7-5-4-6-8-14;1-14(2,3)21-13(20)18-11-7-16-9-5-4-8(15)6-10(9)17-12(11)19/h4-11,17,23H,12-13H2,1-3H3,(H,24,27);4-6,11,16H,7H2,1-3H3,(H,17,19)(H,18,20)/t17-;11-/m00/s1. The van der Waals surface area contributed by atoms with Gasteiger partial charge in [-0.2, -0.15) is 0 Å². The van der Waals surface area contributed by atoms with Crippen LogP contribution < -0.4 is 31.5 Å². The van der Waals surface area contributed by atoms with Crippen LogP contribution in [0.2, 0.25) is 0 Å². The van der Waals surface area contributed by atoms with Crippen molar-refractivity contribution in [2.75, 3.05) is 33.9 Å². The Morgan fingerprint density at radius 1 is 0.755 bits per heavy atom. The van der Waals surface area contributed by atoms with Crippen LogP contribution in [0.1, 0.15) is 47.1 Å². The van der Waals surface area contributed by atoms with Gasteiger partial charge >= 0.3 is 12.2 Å². The molecule has 3 aromatic carbocycles. The van der Waals surface area contributed by atoms with Gasteiger partial charge in [0.15, 0.2) is 0 Å². The molecule has 0 aliphatic carbocycles. The first-order valence-corrected chi connectivity index (χ1v) is 15.7. The zero-order valence-corrected chi connectivity index (χ0v) is 28.3. The van der Waals surface area contributed by atoms with Crippen LogP contribution in [-0.4, -0.2) is 60.4 Å². The normalized spacial score (nSPS) is 17.2. The lowest BCUT2D eigenvalue weighted by Crippen LogP contribution is -2.51. The van der Waals surface area contributed by atoms with Crippen LogP contribution >= 0.6 is 0 Å². The Kier molecular flexibility index (Phi) is 11.3. The Bertz CT molecular complexity index is 1680. The van der Waals surface area contributed by atoms with Gasteiger partial charge in [0.2, 0.25) is 5.91 Å². The number of ether oxygens (including phenoxy) is 2. The van der Waals surface area contributed by atoms with Gasteiger partial charge in [-0.3, -0.25) is 9.59 Å². The Morgan fingerprint density at radius 3 is 1.90 bits per heavy atom. The molecule has 2 aliphatic heterocycles. The summed E-state index contributed by atoms with van der Waals surface area (Å²) < 4.78 is 37.5. The Balaban J connectivity index is 0.000000230. The van der Waals surface area contributed by atoms with Crippen LogP contribution in [0.4, 0.5) is 41.1 Å². The van der Waals surface area contributed by atoms with Crippen molar-refractivity contribution >= 4 is 46.8 Å². The number of rotatable bonds is 4. The van der Waals surface area contributed by atoms with Crippen molar-refractivity contribution < 1.29 is 37.4 Å². The van der Waals surface area contributed by atoms with E-state index >= 15 is 0 Å². The molecule has 49 heavy (non-hydrogen) atoms. The maximum Gasteiger partial charge on any atom is 0.408 e. The number of nitrogens with zero attached hydrogens (tertiary/aromatic N) is 1. The van der Waals surface area contributed by atoms with E-state index in [2.05, 4.69) is 26.6 Å². The van der Waals surface area contributed by atoms with Crippen molar-refractivity contribution in [2.45, 2.75) is 71.4 Å². The van der Waals surface area contributed by atoms with Crippen molar-refractivity contribution in [3.63, 3.8) is 0 Å². The summed E-state index contributed by atoms with van der Waals surface area (Å²) in [5.41, 5.74) is 1.56. The summed E-state index contributed by atoms with van der Waals surface area (Å²) in [5.74, 6) is -1.66. The summed E-state index contributed by atoms with van der Waals surface area (Å²) in [6.45, 7) is 11.1. The Morgan fingerprint density at radius 2 is 1.29 bits per heavy atom. The van der Waals surface area contributed by atoms with E-state index in [1.54, 1.807) is 47.6 Å². The van der Waals surface area contributed by atoms with Crippen LogP contribution in [0.5, 0.6) is 0 Å². The molecule has 2 atom stereocenters. The number of nitrogens with one attached hydrogen (secondary N) is 5. The summed E-state index contributed by atoms with van der Waals surface area (Å²) in [5, 5.41) is 13.8. The summed E-state index contributed by atoms with van der Waals surface area (Å²) >= 11 is 0. The molecule has 2 heterocycles. The highest BCUT2D eigenvalue weighted by Crippen LogP contribution is 2.31. The third kappa shape index (κ3) is 10.8. The highest BCUT2D eigenvalue weighted by Gasteiger charge is 2.33. The fourth-order valence-corrected chi connectivity index (χ4v) is 4.84. The van der Waals surface area contributed by atoms with Crippen LogP contribution in [0, 0.1) is 11.6 Å². The van der Waals surface area contributed by atoms with Gasteiger partial charge in [0.05, 0.1) is 29.3 Å². The second-order valence-corrected chi connectivity index (χ2v) is 13.4. The quantitative estimate of drug-likeness (QED) is 0.234. The van der Waals surface area contributed by atoms with Crippen LogP contribution in [0.25, 0.3) is 0 Å². The average molecular weight is 681 g/mol. The number of carbonyl (C=O) groups excluding carboxylic acids is 4. The number of carbonyl (C=O) groups is 4. The third-order valence-corrected chi connectivity index (χ3v) is 6.93. The van der Waals surface area contributed by atoms with Gasteiger partial charge in [0.1, 0.15) is 34.9 Å². The van der Waals surface area contributed by atoms with Gasteiger partial charge in [-0.15, -0.1) is 0 Å². The van der Waals surface area contributed by atoms with Gasteiger partial charge in [-0.25, -0.2) is 18.4 Å². The fraction of sp³-hybridized carbons (Fsp3) is 0.371. The minimum Gasteiger partial charge on any atom is -0.444 e. The van der Waals surface area contributed by atoms with Gasteiger partial charge in [-0.05, 0) is 83.5 Å². The van der Waals surface area contributed by atoms with Gasteiger partial charge in [0.25, 0.3) is 5.91 Å². The molecule has 5 N–H and O–H groups in total. The molecule has 2 aliphatic rings. The molecular weight excluding hydrogens is 638 g/mol. The lowest BCUT2D eigenvalue weighted by atomic mass is 10.1. The summed E-state index contributed by atoms with van der Waals surface area (Å²) in [6.07, 6.45) is -1.36. The highest BCUT2D eigenvalue weighted by molar-refractivity contribution is 6.03. The predicted molar refractivity (Wildman–Crippen MR) is 182 cm³/mol. The molecule has 12 nitrogen and oxygen atoms in total. The van der Waals surface area contributed by atoms with Gasteiger partial charge < -0.3 is 41.0 Å². The molecular formula is C35H42F2N6O6. The number of halogens is 2. The van der Waals surface area contributed by atoms with Gasteiger partial charge in [-0.1, -0.05) is 30.3 Å². The van der Waals surface area contributed by atoms with Crippen molar-refractivity contribution in [1.29, 1.82) is 0 Å². The average Bonchev–Trinajstić information content (AvgIpc) is 3.21. The largest absolute Gasteiger partial charge is 0.444 e. The maximum absolute atomic E-state index is 13.9. The molecule has 3 aromatic rings. The van der Waals surface area contributed by atoms with Crippen molar-refractivity contribution in [1.82, 2.24) is 10.6 Å². The number of amides is 4. The monoisotopic (exact) mass is 680 g/mol. The molecule has 4 amide bonds. The maximum atomic E-state index is 13.9. The predicted octanol–water partition coefficient (Wildman–Crippen LogP) is 5.76. The van der Waals surface area contributed by atoms with E-state index in [9.17, 15) is 28.0 Å². The third-order valence-electron chi connectivity index (χ3n) is 6.93. The Labute approximate surface area is 283 Å². The summed E-state index contributed by atoms with van der Waals surface area (Å²) in [4.78, 5) is 50.6. The first-order valence-electron chi connectivity index (χ1n) is 15.7. The van der Waals surface area contributed by atoms with E-state index in [0.717, 1.165) is 5.56 Å². The summed E-state index contributed by atoms with van der Waals surface area (Å²) in [7, 11) is 0. The molecule has 14 heteroatoms. The highest BCUT2D eigenvalue weighted by atomic mass is 19.1. The smallest absolute Gasteiger partial charge is 0.408 e. The SMILES string of the molecule is CC(C)(C)OC(=O)N[C@H]1CNc2ccc(F)cc2N(Cc2ccccc2)C1=O.CC(C)(C)OC(=O)N[C@H]1CNc2ccc(F)cc2NC1=O. The molecule has 0 radical (unpaired) electrons. The topological polar surface area (TPSA) is 150 Å². The molecule has 0 saturated heterocycles. The molecule has 0 bridgehead atoms. The van der Waals surface area contributed by atoms with E-state index in [1.807, 2.05) is 30.3 Å². The molecule has 0 unspecified atom stereocenters. The second kappa shape index (κ2) is 15.2. The van der Waals surface area contributed by atoms with Crippen LogP contribution in [-0.2, 0) is 25.6 Å². The molecule has 0 saturated carbocycles. The zero-order chi connectivity index (χ0) is 35.9. The molecule has 5 rings (SSSR count). The number of anilines is 4. The zero-order valence-electron chi connectivity index (χ0n) is 28.3. The molecule has 0 fully saturated rings. The van der Waals surface area contributed by atoms with E-state index < -0.39 is 53.0 Å². The Hall–Kier alpha value is -5.40. The first kappa shape index (κ1) is 36.4. The van der Waals surface area contributed by atoms with Crippen LogP contribution in [0.3, 0.4) is 0 Å². The molecule has 0 spiro atoms. The minimum atomic E-state index is -0.853. The van der Waals surface area contributed by atoms with E-state index in [4.69, 9.17) is 9.47 Å².